The van der Waals surface area contributed by atoms with Crippen LogP contribution >= 0.6 is 0 Å². The minimum absolute atomic E-state index is 0.0288. The molecule has 1 fully saturated rings. The van der Waals surface area contributed by atoms with Gasteiger partial charge < -0.3 is 19.1 Å². The topological polar surface area (TPSA) is 58.8 Å². The fourth-order valence-electron chi connectivity index (χ4n) is 4.09. The Kier molecular flexibility index (Phi) is 7.08. The lowest BCUT2D eigenvalue weighted by Gasteiger charge is -2.31. The number of benzene rings is 2. The summed E-state index contributed by atoms with van der Waals surface area (Å²) < 4.78 is 26.0. The van der Waals surface area contributed by atoms with Gasteiger partial charge in [-0.25, -0.2) is 4.39 Å². The normalized spacial score (nSPS) is 14.8. The second-order valence-corrected chi connectivity index (χ2v) is 8.45. The number of carbonyl (C=O) groups excluding carboxylic acids is 1. The van der Waals surface area contributed by atoms with Crippen molar-refractivity contribution < 1.29 is 18.4 Å². The molecule has 2 heterocycles. The Bertz CT molecular complexity index is 1110. The number of ether oxygens (including phenoxy) is 1. The first kappa shape index (κ1) is 23.0. The van der Waals surface area contributed by atoms with Crippen molar-refractivity contribution in [2.24, 2.45) is 0 Å². The molecule has 7 heteroatoms. The van der Waals surface area contributed by atoms with Crippen LogP contribution in [-0.2, 0) is 11.3 Å². The van der Waals surface area contributed by atoms with Crippen molar-refractivity contribution in [1.29, 1.82) is 0 Å². The van der Waals surface area contributed by atoms with E-state index in [1.807, 2.05) is 43.0 Å². The van der Waals surface area contributed by atoms with Gasteiger partial charge >= 0.3 is 0 Å². The number of nitrogens with zero attached hydrogens (tertiary/aromatic N) is 3. The van der Waals surface area contributed by atoms with Gasteiger partial charge in [-0.05, 0) is 44.5 Å². The summed E-state index contributed by atoms with van der Waals surface area (Å²) in [4.78, 5) is 17.5. The third-order valence-corrected chi connectivity index (χ3v) is 6.17. The number of amides is 1. The first-order valence-corrected chi connectivity index (χ1v) is 11.4. The number of aromatic nitrogens is 1. The molecule has 0 spiro atoms. The maximum atomic E-state index is 14.7. The molecule has 1 amide bonds. The molecule has 4 rings (SSSR count). The molecule has 1 aromatic heterocycles. The van der Waals surface area contributed by atoms with Crippen molar-refractivity contribution >= 4 is 11.8 Å². The predicted octanol–water partition coefficient (Wildman–Crippen LogP) is 5.07. The summed E-state index contributed by atoms with van der Waals surface area (Å²) in [6, 6.07) is 14.1. The lowest BCUT2D eigenvalue weighted by atomic mass is 10.0. The van der Waals surface area contributed by atoms with Crippen LogP contribution in [0.25, 0.3) is 11.3 Å². The van der Waals surface area contributed by atoms with Crippen LogP contribution in [0.4, 0.5) is 10.3 Å². The van der Waals surface area contributed by atoms with Crippen LogP contribution in [-0.4, -0.2) is 48.3 Å². The number of hydrogen-bond acceptors (Lipinski definition) is 5. The summed E-state index contributed by atoms with van der Waals surface area (Å²) in [6.07, 6.45) is 0.782. The van der Waals surface area contributed by atoms with E-state index in [9.17, 15) is 9.18 Å². The summed E-state index contributed by atoms with van der Waals surface area (Å²) >= 11 is 0. The third kappa shape index (κ3) is 4.93. The highest BCUT2D eigenvalue weighted by Gasteiger charge is 2.30. The molecule has 0 saturated carbocycles. The zero-order valence-electron chi connectivity index (χ0n) is 19.4. The zero-order valence-corrected chi connectivity index (χ0v) is 19.4. The summed E-state index contributed by atoms with van der Waals surface area (Å²) in [5.41, 5.74) is 3.16. The van der Waals surface area contributed by atoms with Crippen LogP contribution in [0.1, 0.15) is 41.8 Å². The van der Waals surface area contributed by atoms with Crippen molar-refractivity contribution in [3.8, 4) is 11.3 Å². The fraction of sp³-hybridized carbons (Fsp3) is 0.385. The summed E-state index contributed by atoms with van der Waals surface area (Å²) in [7, 11) is 0. The highest BCUT2D eigenvalue weighted by Crippen LogP contribution is 2.35. The SMILES string of the molecule is CCC(C)N(Cc1c(-c2ccccc2F)noc1N1CCOCC1)C(=O)c1cccc(C)c1. The van der Waals surface area contributed by atoms with Gasteiger partial charge in [0.25, 0.3) is 5.91 Å². The molecule has 0 bridgehead atoms. The monoisotopic (exact) mass is 451 g/mol. The molecule has 33 heavy (non-hydrogen) atoms. The lowest BCUT2D eigenvalue weighted by molar-refractivity contribution is 0.0671. The summed E-state index contributed by atoms with van der Waals surface area (Å²) in [5, 5.41) is 4.27. The Morgan fingerprint density at radius 1 is 1.18 bits per heavy atom. The van der Waals surface area contributed by atoms with E-state index in [4.69, 9.17) is 9.26 Å². The molecule has 0 radical (unpaired) electrons. The Balaban J connectivity index is 1.78. The van der Waals surface area contributed by atoms with Crippen LogP contribution in [0, 0.1) is 12.7 Å². The number of rotatable bonds is 7. The average molecular weight is 452 g/mol. The standard InChI is InChI=1S/C26H30FN3O3/c1-4-19(3)30(25(31)20-9-7-8-18(2)16-20)17-22-24(21-10-5-6-11-23(21)27)28-33-26(22)29-12-14-32-15-13-29/h5-11,16,19H,4,12-15,17H2,1-3H3. The molecule has 3 aromatic rings. The Morgan fingerprint density at radius 3 is 2.64 bits per heavy atom. The first-order chi connectivity index (χ1) is 16.0. The third-order valence-electron chi connectivity index (χ3n) is 6.17. The highest BCUT2D eigenvalue weighted by molar-refractivity contribution is 5.94. The van der Waals surface area contributed by atoms with Gasteiger partial charge in [0.2, 0.25) is 5.88 Å². The van der Waals surface area contributed by atoms with Gasteiger partial charge in [-0.2, -0.15) is 0 Å². The second kappa shape index (κ2) is 10.2. The largest absolute Gasteiger partial charge is 0.378 e. The van der Waals surface area contributed by atoms with Gasteiger partial charge in [0.1, 0.15) is 11.5 Å². The van der Waals surface area contributed by atoms with Crippen LogP contribution in [0.3, 0.4) is 0 Å². The van der Waals surface area contributed by atoms with Crippen molar-refractivity contribution in [3.63, 3.8) is 0 Å². The van der Waals surface area contributed by atoms with Crippen LogP contribution < -0.4 is 4.90 Å². The van der Waals surface area contributed by atoms with Crippen molar-refractivity contribution in [2.75, 3.05) is 31.2 Å². The van der Waals surface area contributed by atoms with Gasteiger partial charge in [0.15, 0.2) is 0 Å². The number of aryl methyl sites for hydroxylation is 1. The van der Waals surface area contributed by atoms with E-state index in [-0.39, 0.29) is 24.3 Å². The van der Waals surface area contributed by atoms with E-state index < -0.39 is 0 Å². The number of morpholine rings is 1. The molecule has 6 nitrogen and oxygen atoms in total. The summed E-state index contributed by atoms with van der Waals surface area (Å²) in [6.45, 7) is 8.76. The molecular weight excluding hydrogens is 421 g/mol. The van der Waals surface area contributed by atoms with Crippen molar-refractivity contribution in [3.05, 3.63) is 71.0 Å². The molecule has 174 valence electrons. The van der Waals surface area contributed by atoms with Crippen LogP contribution in [0.5, 0.6) is 0 Å². The second-order valence-electron chi connectivity index (χ2n) is 8.45. The van der Waals surface area contributed by atoms with Gasteiger partial charge in [0, 0.05) is 30.3 Å². The van der Waals surface area contributed by atoms with E-state index in [0.717, 1.165) is 12.0 Å². The molecule has 1 aliphatic heterocycles. The summed E-state index contributed by atoms with van der Waals surface area (Å²) in [5.74, 6) is 0.129. The minimum Gasteiger partial charge on any atom is -0.378 e. The quantitative estimate of drug-likeness (QED) is 0.502. The molecular formula is C26H30FN3O3. The number of anilines is 1. The Hall–Kier alpha value is -3.19. The molecule has 1 saturated heterocycles. The number of carbonyl (C=O) groups is 1. The smallest absolute Gasteiger partial charge is 0.254 e. The first-order valence-electron chi connectivity index (χ1n) is 11.4. The minimum atomic E-state index is -0.374. The molecule has 0 aliphatic carbocycles. The Labute approximate surface area is 193 Å². The van der Waals surface area contributed by atoms with Gasteiger partial charge in [-0.15, -0.1) is 0 Å². The molecule has 0 N–H and O–H groups in total. The van der Waals surface area contributed by atoms with Crippen LogP contribution in [0.2, 0.25) is 0 Å². The number of halogens is 1. The van der Waals surface area contributed by atoms with Crippen molar-refractivity contribution in [1.82, 2.24) is 10.1 Å². The molecule has 1 atom stereocenters. The number of hydrogen-bond donors (Lipinski definition) is 0. The molecule has 2 aromatic carbocycles. The predicted molar refractivity (Wildman–Crippen MR) is 126 cm³/mol. The van der Waals surface area contributed by atoms with E-state index >= 15 is 0 Å². The maximum Gasteiger partial charge on any atom is 0.254 e. The maximum absolute atomic E-state index is 14.7. The van der Waals surface area contributed by atoms with Gasteiger partial charge in [-0.1, -0.05) is 41.9 Å². The van der Waals surface area contributed by atoms with E-state index in [2.05, 4.69) is 17.0 Å². The average Bonchev–Trinajstić information content (AvgIpc) is 3.25. The van der Waals surface area contributed by atoms with E-state index in [1.165, 1.54) is 6.07 Å². The van der Waals surface area contributed by atoms with Gasteiger partial charge in [-0.3, -0.25) is 4.79 Å². The zero-order chi connectivity index (χ0) is 23.4. The fourth-order valence-corrected chi connectivity index (χ4v) is 4.09. The highest BCUT2D eigenvalue weighted by atomic mass is 19.1. The van der Waals surface area contributed by atoms with Crippen LogP contribution in [0.15, 0.2) is 53.1 Å². The van der Waals surface area contributed by atoms with Gasteiger partial charge in [0.05, 0.1) is 25.3 Å². The Morgan fingerprint density at radius 2 is 1.94 bits per heavy atom. The van der Waals surface area contributed by atoms with Crippen molar-refractivity contribution in [2.45, 2.75) is 39.8 Å². The van der Waals surface area contributed by atoms with E-state index in [0.29, 0.717) is 54.6 Å². The van der Waals surface area contributed by atoms with E-state index in [1.54, 1.807) is 18.2 Å². The molecule has 1 unspecified atom stereocenters. The molecule has 1 aliphatic rings. The lowest BCUT2D eigenvalue weighted by Crippen LogP contribution is -2.39.